The van der Waals surface area contributed by atoms with Crippen molar-refractivity contribution in [1.29, 1.82) is 0 Å². The Labute approximate surface area is 83.9 Å². The van der Waals surface area contributed by atoms with Crippen LogP contribution in [0.2, 0.25) is 0 Å². The molecule has 1 fully saturated rings. The summed E-state index contributed by atoms with van der Waals surface area (Å²) in [5.74, 6) is 0. The summed E-state index contributed by atoms with van der Waals surface area (Å²) in [5.41, 5.74) is 0. The van der Waals surface area contributed by atoms with Crippen molar-refractivity contribution in [3.63, 3.8) is 0 Å². The Kier molecular flexibility index (Phi) is 4.47. The van der Waals surface area contributed by atoms with Crippen LogP contribution < -0.4 is 5.32 Å². The van der Waals surface area contributed by atoms with Gasteiger partial charge in [-0.1, -0.05) is 18.2 Å². The van der Waals surface area contributed by atoms with Crippen LogP contribution in [0, 0.1) is 0 Å². The van der Waals surface area contributed by atoms with Crippen LogP contribution in [-0.4, -0.2) is 24.1 Å². The van der Waals surface area contributed by atoms with Crippen molar-refractivity contribution >= 4 is 23.4 Å². The summed E-state index contributed by atoms with van der Waals surface area (Å²) in [7, 11) is 0. The van der Waals surface area contributed by atoms with Crippen molar-refractivity contribution in [1.82, 2.24) is 5.32 Å². The SMILES string of the molecule is C=C(Cl)CNC1CCC(SC)C1. The van der Waals surface area contributed by atoms with Crippen molar-refractivity contribution in [2.75, 3.05) is 12.8 Å². The highest BCUT2D eigenvalue weighted by Crippen LogP contribution is 2.28. The second kappa shape index (κ2) is 5.15. The fourth-order valence-electron chi connectivity index (χ4n) is 1.59. The quantitative estimate of drug-likeness (QED) is 0.758. The maximum Gasteiger partial charge on any atom is 0.0310 e. The van der Waals surface area contributed by atoms with Gasteiger partial charge in [0.05, 0.1) is 0 Å². The van der Waals surface area contributed by atoms with Crippen molar-refractivity contribution in [2.24, 2.45) is 0 Å². The molecule has 1 aliphatic carbocycles. The second-order valence-electron chi connectivity index (χ2n) is 3.27. The van der Waals surface area contributed by atoms with Gasteiger partial charge in [-0.3, -0.25) is 0 Å². The second-order valence-corrected chi connectivity index (χ2v) is 4.94. The first-order valence-electron chi connectivity index (χ1n) is 4.32. The van der Waals surface area contributed by atoms with Crippen LogP contribution >= 0.6 is 23.4 Å². The molecule has 1 N–H and O–H groups in total. The molecule has 0 radical (unpaired) electrons. The molecule has 1 saturated carbocycles. The zero-order chi connectivity index (χ0) is 8.97. The van der Waals surface area contributed by atoms with Gasteiger partial charge in [0.15, 0.2) is 0 Å². The van der Waals surface area contributed by atoms with Crippen LogP contribution in [0.15, 0.2) is 11.6 Å². The molecule has 0 aliphatic heterocycles. The maximum absolute atomic E-state index is 5.66. The molecule has 0 spiro atoms. The lowest BCUT2D eigenvalue weighted by Gasteiger charge is -2.11. The van der Waals surface area contributed by atoms with E-state index in [1.807, 2.05) is 11.8 Å². The molecule has 0 bridgehead atoms. The predicted octanol–water partition coefficient (Wildman–Crippen LogP) is 2.61. The van der Waals surface area contributed by atoms with Gasteiger partial charge in [0.25, 0.3) is 0 Å². The minimum atomic E-state index is 0.665. The van der Waals surface area contributed by atoms with Crippen molar-refractivity contribution in [3.8, 4) is 0 Å². The zero-order valence-corrected chi connectivity index (χ0v) is 9.05. The van der Waals surface area contributed by atoms with Gasteiger partial charge in [-0.2, -0.15) is 11.8 Å². The van der Waals surface area contributed by atoms with Crippen molar-refractivity contribution < 1.29 is 0 Å². The molecule has 70 valence electrons. The molecule has 1 aliphatic rings. The third-order valence-electron chi connectivity index (χ3n) is 2.30. The van der Waals surface area contributed by atoms with Crippen LogP contribution in [0.25, 0.3) is 0 Å². The van der Waals surface area contributed by atoms with Gasteiger partial charge in [-0.05, 0) is 25.5 Å². The fraction of sp³-hybridized carbons (Fsp3) is 0.778. The molecule has 0 saturated heterocycles. The summed E-state index contributed by atoms with van der Waals surface area (Å²) in [6.07, 6.45) is 6.10. The van der Waals surface area contributed by atoms with Crippen LogP contribution in [0.4, 0.5) is 0 Å². The molecule has 0 aromatic carbocycles. The molecule has 1 rings (SSSR count). The summed E-state index contributed by atoms with van der Waals surface area (Å²) in [5, 5.41) is 4.96. The fourth-order valence-corrected chi connectivity index (χ4v) is 2.47. The van der Waals surface area contributed by atoms with E-state index in [4.69, 9.17) is 11.6 Å². The molecule has 0 heterocycles. The van der Waals surface area contributed by atoms with Gasteiger partial charge in [-0.15, -0.1) is 0 Å². The number of thioether (sulfide) groups is 1. The Morgan fingerprint density at radius 1 is 1.67 bits per heavy atom. The summed E-state index contributed by atoms with van der Waals surface area (Å²) < 4.78 is 0. The van der Waals surface area contributed by atoms with Gasteiger partial charge >= 0.3 is 0 Å². The lowest BCUT2D eigenvalue weighted by Crippen LogP contribution is -2.27. The molecule has 0 aromatic rings. The number of halogens is 1. The third kappa shape index (κ3) is 3.38. The van der Waals surface area contributed by atoms with Crippen LogP contribution in [0.3, 0.4) is 0 Å². The topological polar surface area (TPSA) is 12.0 Å². The van der Waals surface area contributed by atoms with Gasteiger partial charge in [-0.25, -0.2) is 0 Å². The van der Waals surface area contributed by atoms with Gasteiger partial charge in [0, 0.05) is 22.9 Å². The molecule has 1 nitrogen and oxygen atoms in total. The van der Waals surface area contributed by atoms with E-state index in [-0.39, 0.29) is 0 Å². The van der Waals surface area contributed by atoms with Crippen LogP contribution in [0.1, 0.15) is 19.3 Å². The van der Waals surface area contributed by atoms with Gasteiger partial charge in [0.2, 0.25) is 0 Å². The third-order valence-corrected chi connectivity index (χ3v) is 3.53. The molecular weight excluding hydrogens is 190 g/mol. The monoisotopic (exact) mass is 205 g/mol. The molecule has 2 atom stereocenters. The molecule has 0 aromatic heterocycles. The van der Waals surface area contributed by atoms with E-state index in [1.165, 1.54) is 19.3 Å². The van der Waals surface area contributed by atoms with Gasteiger partial charge < -0.3 is 5.32 Å². The van der Waals surface area contributed by atoms with E-state index in [0.717, 1.165) is 11.8 Å². The average Bonchev–Trinajstić information content (AvgIpc) is 2.48. The standard InChI is InChI=1S/C9H16ClNS/c1-7(10)6-11-8-3-4-9(5-8)12-2/h8-9,11H,1,3-6H2,2H3. The highest BCUT2D eigenvalue weighted by molar-refractivity contribution is 7.99. The number of rotatable bonds is 4. The van der Waals surface area contributed by atoms with Gasteiger partial charge in [0.1, 0.15) is 0 Å². The zero-order valence-electron chi connectivity index (χ0n) is 7.48. The molecule has 3 heteroatoms. The minimum absolute atomic E-state index is 0.665. The Morgan fingerprint density at radius 2 is 2.42 bits per heavy atom. The van der Waals surface area contributed by atoms with E-state index in [2.05, 4.69) is 18.2 Å². The molecule has 2 unspecified atom stereocenters. The van der Waals surface area contributed by atoms with E-state index in [1.54, 1.807) is 0 Å². The Morgan fingerprint density at radius 3 is 2.92 bits per heavy atom. The Hall–Kier alpha value is 0.340. The first kappa shape index (κ1) is 10.4. The van der Waals surface area contributed by atoms with Crippen molar-refractivity contribution in [3.05, 3.63) is 11.6 Å². The summed E-state index contributed by atoms with van der Waals surface area (Å²) in [6.45, 7) is 4.41. The summed E-state index contributed by atoms with van der Waals surface area (Å²) in [4.78, 5) is 0. The maximum atomic E-state index is 5.66. The van der Waals surface area contributed by atoms with Crippen LogP contribution in [0.5, 0.6) is 0 Å². The smallest absolute Gasteiger partial charge is 0.0310 e. The molecule has 12 heavy (non-hydrogen) atoms. The van der Waals surface area contributed by atoms with E-state index in [9.17, 15) is 0 Å². The van der Waals surface area contributed by atoms with E-state index < -0.39 is 0 Å². The van der Waals surface area contributed by atoms with E-state index >= 15 is 0 Å². The number of hydrogen-bond donors (Lipinski definition) is 1. The van der Waals surface area contributed by atoms with Crippen LogP contribution in [-0.2, 0) is 0 Å². The Balaban J connectivity index is 2.15. The largest absolute Gasteiger partial charge is 0.309 e. The summed E-state index contributed by atoms with van der Waals surface area (Å²) in [6, 6.07) is 0.665. The number of hydrogen-bond acceptors (Lipinski definition) is 2. The average molecular weight is 206 g/mol. The predicted molar refractivity (Wildman–Crippen MR) is 57.9 cm³/mol. The summed E-state index contributed by atoms with van der Waals surface area (Å²) >= 11 is 7.64. The Bertz CT molecular complexity index is 161. The molecular formula is C9H16ClNS. The lowest BCUT2D eigenvalue weighted by atomic mass is 10.2. The highest BCUT2D eigenvalue weighted by atomic mass is 35.5. The first-order valence-corrected chi connectivity index (χ1v) is 5.98. The minimum Gasteiger partial charge on any atom is -0.309 e. The lowest BCUT2D eigenvalue weighted by molar-refractivity contribution is 0.555. The number of nitrogens with one attached hydrogen (secondary N) is 1. The normalized spacial score (nSPS) is 29.2. The first-order chi connectivity index (χ1) is 5.72. The highest BCUT2D eigenvalue weighted by Gasteiger charge is 2.22. The van der Waals surface area contributed by atoms with E-state index in [0.29, 0.717) is 11.1 Å². The van der Waals surface area contributed by atoms with Crippen molar-refractivity contribution in [2.45, 2.75) is 30.6 Å². The molecule has 0 amide bonds.